The average Bonchev–Trinajstić information content (AvgIpc) is 2.32. The molecule has 2 nitrogen and oxygen atoms in total. The summed E-state index contributed by atoms with van der Waals surface area (Å²) < 4.78 is 27.0. The van der Waals surface area contributed by atoms with Crippen LogP contribution in [0.4, 0.5) is 14.6 Å². The molecule has 2 N–H and O–H groups in total. The molecular weight excluding hydrogens is 222 g/mol. The Kier molecular flexibility index (Phi) is 3.04. The van der Waals surface area contributed by atoms with Gasteiger partial charge in [-0.2, -0.15) is 0 Å². The van der Waals surface area contributed by atoms with Crippen LogP contribution in [0.2, 0.25) is 0 Å². The highest BCUT2D eigenvalue weighted by Gasteiger charge is 2.12. The average molecular weight is 234 g/mol. The van der Waals surface area contributed by atoms with Crippen LogP contribution in [-0.2, 0) is 6.42 Å². The summed E-state index contributed by atoms with van der Waals surface area (Å²) in [5.41, 5.74) is 6.93. The van der Waals surface area contributed by atoms with Crippen molar-refractivity contribution in [1.82, 2.24) is 4.98 Å². The van der Waals surface area contributed by atoms with Gasteiger partial charge in [0, 0.05) is 12.6 Å². The van der Waals surface area contributed by atoms with Crippen LogP contribution >= 0.6 is 0 Å². The van der Waals surface area contributed by atoms with Gasteiger partial charge in [-0.15, -0.1) is 0 Å². The first-order valence-corrected chi connectivity index (χ1v) is 5.22. The number of aromatic nitrogens is 1. The Morgan fingerprint density at radius 1 is 1.12 bits per heavy atom. The van der Waals surface area contributed by atoms with Crippen LogP contribution in [0.15, 0.2) is 30.5 Å². The molecule has 1 aromatic carbocycles. The molecule has 2 aromatic rings. The van der Waals surface area contributed by atoms with Gasteiger partial charge < -0.3 is 5.73 Å². The molecule has 0 fully saturated rings. The highest BCUT2D eigenvalue weighted by atomic mass is 19.2. The summed E-state index contributed by atoms with van der Waals surface area (Å²) >= 11 is 0. The minimum absolute atomic E-state index is 0.239. The van der Waals surface area contributed by atoms with Crippen LogP contribution in [0.25, 0.3) is 0 Å². The van der Waals surface area contributed by atoms with Crippen molar-refractivity contribution in [3.63, 3.8) is 0 Å². The molecule has 88 valence electrons. The van der Waals surface area contributed by atoms with E-state index in [4.69, 9.17) is 5.73 Å². The van der Waals surface area contributed by atoms with Crippen molar-refractivity contribution in [2.75, 3.05) is 5.73 Å². The molecule has 2 rings (SSSR count). The Balaban J connectivity index is 2.38. The van der Waals surface area contributed by atoms with E-state index in [2.05, 4.69) is 4.98 Å². The number of benzene rings is 1. The van der Waals surface area contributed by atoms with Crippen LogP contribution in [0.3, 0.4) is 0 Å². The zero-order chi connectivity index (χ0) is 12.4. The van der Waals surface area contributed by atoms with Gasteiger partial charge in [-0.1, -0.05) is 18.2 Å². The highest BCUT2D eigenvalue weighted by molar-refractivity contribution is 5.42. The van der Waals surface area contributed by atoms with Gasteiger partial charge in [0.15, 0.2) is 11.6 Å². The van der Waals surface area contributed by atoms with Crippen molar-refractivity contribution < 1.29 is 8.78 Å². The first kappa shape index (κ1) is 11.5. The molecule has 0 saturated heterocycles. The first-order chi connectivity index (χ1) is 8.09. The number of anilines is 1. The molecule has 17 heavy (non-hydrogen) atoms. The largest absolute Gasteiger partial charge is 0.383 e. The van der Waals surface area contributed by atoms with Gasteiger partial charge in [-0.25, -0.2) is 13.8 Å². The highest BCUT2D eigenvalue weighted by Crippen LogP contribution is 2.20. The molecular formula is C13H12F2N2. The van der Waals surface area contributed by atoms with Crippen molar-refractivity contribution in [2.45, 2.75) is 13.3 Å². The summed E-state index contributed by atoms with van der Waals surface area (Å²) in [6, 6.07) is 6.59. The topological polar surface area (TPSA) is 38.9 Å². The number of aryl methyl sites for hydroxylation is 1. The maximum absolute atomic E-state index is 13.6. The van der Waals surface area contributed by atoms with E-state index in [1.807, 2.05) is 0 Å². The minimum atomic E-state index is -0.812. The number of nitrogens with two attached hydrogens (primary N) is 1. The van der Waals surface area contributed by atoms with Gasteiger partial charge in [0.05, 0.1) is 0 Å². The fourth-order valence-electron chi connectivity index (χ4n) is 1.63. The number of pyridine rings is 1. The second kappa shape index (κ2) is 4.49. The molecule has 0 aliphatic rings. The van der Waals surface area contributed by atoms with Crippen molar-refractivity contribution in [1.29, 1.82) is 0 Å². The van der Waals surface area contributed by atoms with Gasteiger partial charge in [0.1, 0.15) is 5.82 Å². The molecule has 0 unspecified atom stereocenters. The van der Waals surface area contributed by atoms with Crippen LogP contribution < -0.4 is 5.73 Å². The summed E-state index contributed by atoms with van der Waals surface area (Å²) in [5.74, 6) is -1.27. The second-order valence-corrected chi connectivity index (χ2v) is 3.89. The molecule has 0 amide bonds. The Morgan fingerprint density at radius 2 is 1.88 bits per heavy atom. The molecule has 0 spiro atoms. The quantitative estimate of drug-likeness (QED) is 0.867. The van der Waals surface area contributed by atoms with E-state index in [0.717, 1.165) is 0 Å². The number of nitrogen functional groups attached to an aromatic ring is 1. The molecule has 0 bridgehead atoms. The number of rotatable bonds is 2. The van der Waals surface area contributed by atoms with Gasteiger partial charge >= 0.3 is 0 Å². The Hall–Kier alpha value is -1.97. The molecule has 0 atom stereocenters. The maximum atomic E-state index is 13.6. The van der Waals surface area contributed by atoms with Gasteiger partial charge in [0.25, 0.3) is 0 Å². The molecule has 0 saturated carbocycles. The fourth-order valence-corrected chi connectivity index (χ4v) is 1.63. The minimum Gasteiger partial charge on any atom is -0.383 e. The number of hydrogen-bond donors (Lipinski definition) is 1. The monoisotopic (exact) mass is 234 g/mol. The number of hydrogen-bond acceptors (Lipinski definition) is 2. The second-order valence-electron chi connectivity index (χ2n) is 3.89. The van der Waals surface area contributed by atoms with Crippen LogP contribution in [-0.4, -0.2) is 4.98 Å². The lowest BCUT2D eigenvalue weighted by molar-refractivity contribution is 0.495. The third-order valence-electron chi connectivity index (χ3n) is 2.66. The smallest absolute Gasteiger partial charge is 0.162 e. The molecule has 0 radical (unpaired) electrons. The third kappa shape index (κ3) is 2.25. The SMILES string of the molecule is Cc1ccc(Cc2cccnc2N)c(F)c1F. The molecule has 0 aliphatic carbocycles. The third-order valence-corrected chi connectivity index (χ3v) is 2.66. The lowest BCUT2D eigenvalue weighted by Crippen LogP contribution is -2.02. The predicted octanol–water partition coefficient (Wildman–Crippen LogP) is 2.84. The van der Waals surface area contributed by atoms with E-state index in [0.29, 0.717) is 16.9 Å². The first-order valence-electron chi connectivity index (χ1n) is 5.22. The van der Waals surface area contributed by atoms with E-state index in [1.165, 1.54) is 6.92 Å². The van der Waals surface area contributed by atoms with Gasteiger partial charge in [-0.3, -0.25) is 0 Å². The van der Waals surface area contributed by atoms with E-state index in [9.17, 15) is 8.78 Å². The van der Waals surface area contributed by atoms with Crippen LogP contribution in [0, 0.1) is 18.6 Å². The Morgan fingerprint density at radius 3 is 2.59 bits per heavy atom. The molecule has 0 aliphatic heterocycles. The normalized spacial score (nSPS) is 10.5. The molecule has 4 heteroatoms. The maximum Gasteiger partial charge on any atom is 0.162 e. The van der Waals surface area contributed by atoms with Crippen molar-refractivity contribution in [3.05, 3.63) is 58.8 Å². The Labute approximate surface area is 98.1 Å². The van der Waals surface area contributed by atoms with Crippen LogP contribution in [0.1, 0.15) is 16.7 Å². The van der Waals surface area contributed by atoms with Crippen molar-refractivity contribution >= 4 is 5.82 Å². The van der Waals surface area contributed by atoms with Crippen LogP contribution in [0.5, 0.6) is 0 Å². The van der Waals surface area contributed by atoms with E-state index in [1.54, 1.807) is 30.5 Å². The molecule has 1 heterocycles. The van der Waals surface area contributed by atoms with E-state index < -0.39 is 11.6 Å². The standard InChI is InChI=1S/C13H12F2N2/c1-8-4-5-9(12(15)11(8)14)7-10-3-2-6-17-13(10)16/h2-6H,7H2,1H3,(H2,16,17). The lowest BCUT2D eigenvalue weighted by atomic mass is 10.0. The zero-order valence-electron chi connectivity index (χ0n) is 9.37. The van der Waals surface area contributed by atoms with E-state index >= 15 is 0 Å². The summed E-state index contributed by atoms with van der Waals surface area (Å²) in [5, 5.41) is 0. The summed E-state index contributed by atoms with van der Waals surface area (Å²) in [4.78, 5) is 3.91. The van der Waals surface area contributed by atoms with Crippen molar-refractivity contribution in [2.24, 2.45) is 0 Å². The van der Waals surface area contributed by atoms with E-state index in [-0.39, 0.29) is 12.0 Å². The Bertz CT molecular complexity index is 553. The van der Waals surface area contributed by atoms with Gasteiger partial charge in [0.2, 0.25) is 0 Å². The molecule has 1 aromatic heterocycles. The number of halogens is 2. The van der Waals surface area contributed by atoms with Crippen molar-refractivity contribution in [3.8, 4) is 0 Å². The summed E-state index contributed by atoms with van der Waals surface area (Å²) in [7, 11) is 0. The lowest BCUT2D eigenvalue weighted by Gasteiger charge is -2.07. The fraction of sp³-hybridized carbons (Fsp3) is 0.154. The summed E-state index contributed by atoms with van der Waals surface area (Å²) in [6.07, 6.45) is 1.80. The summed E-state index contributed by atoms with van der Waals surface area (Å²) in [6.45, 7) is 1.53. The predicted molar refractivity (Wildman–Crippen MR) is 62.6 cm³/mol. The van der Waals surface area contributed by atoms with Gasteiger partial charge in [-0.05, 0) is 29.7 Å². The zero-order valence-corrected chi connectivity index (χ0v) is 9.37. The number of nitrogens with zero attached hydrogens (tertiary/aromatic N) is 1.